The summed E-state index contributed by atoms with van der Waals surface area (Å²) in [4.78, 5) is 31.4. The van der Waals surface area contributed by atoms with Gasteiger partial charge in [-0.25, -0.2) is 14.8 Å². The molecule has 2 fully saturated rings. The van der Waals surface area contributed by atoms with E-state index < -0.39 is 29.8 Å². The summed E-state index contributed by atoms with van der Waals surface area (Å²) in [6.45, 7) is 6.43. The highest BCUT2D eigenvalue weighted by atomic mass is 19.1. The molecule has 3 N–H and O–H groups in total. The van der Waals surface area contributed by atoms with Crippen molar-refractivity contribution in [1.82, 2.24) is 25.6 Å². The van der Waals surface area contributed by atoms with E-state index in [9.17, 15) is 19.1 Å². The maximum absolute atomic E-state index is 14.3. The second-order valence-corrected chi connectivity index (χ2v) is 9.11. The molecule has 3 aliphatic rings. The van der Waals surface area contributed by atoms with E-state index in [2.05, 4.69) is 15.7 Å². The molecule has 29 heavy (non-hydrogen) atoms. The summed E-state index contributed by atoms with van der Waals surface area (Å²) in [5.74, 6) is -1.93. The van der Waals surface area contributed by atoms with Gasteiger partial charge < -0.3 is 15.3 Å². The van der Waals surface area contributed by atoms with E-state index in [1.807, 2.05) is 20.8 Å². The Morgan fingerprint density at radius 3 is 2.76 bits per heavy atom. The van der Waals surface area contributed by atoms with Crippen molar-refractivity contribution < 1.29 is 19.1 Å². The number of hydrogen-bond acceptors (Lipinski definition) is 6. The Bertz CT molecular complexity index is 877. The van der Waals surface area contributed by atoms with Crippen LogP contribution in [0.25, 0.3) is 0 Å². The van der Waals surface area contributed by atoms with E-state index in [1.54, 1.807) is 4.90 Å². The van der Waals surface area contributed by atoms with Crippen LogP contribution >= 0.6 is 0 Å². The molecule has 2 amide bonds. The molecule has 1 aromatic rings. The van der Waals surface area contributed by atoms with E-state index in [4.69, 9.17) is 0 Å². The predicted molar refractivity (Wildman–Crippen MR) is 102 cm³/mol. The zero-order valence-corrected chi connectivity index (χ0v) is 16.8. The highest BCUT2D eigenvalue weighted by molar-refractivity contribution is 6.19. The standard InChI is InChI=1S/C20H26FN5O3/c1-20(2,3)10-25-15-8-14(12-9-22-7-6-13(12)21)24-26(15)19(29)16(18(25)28)17(27)23-11-4-5-11/h6-7,9,11,14-15,24,28H,4-5,8,10H2,1-3H3,(H,23,27). The third kappa shape index (κ3) is 3.78. The van der Waals surface area contributed by atoms with Gasteiger partial charge in [0.25, 0.3) is 11.8 Å². The van der Waals surface area contributed by atoms with Gasteiger partial charge in [0.2, 0.25) is 5.88 Å². The Hall–Kier alpha value is -2.68. The number of aliphatic hydroxyl groups excluding tert-OH is 1. The number of aromatic nitrogens is 1. The quantitative estimate of drug-likeness (QED) is 0.663. The first-order chi connectivity index (χ1) is 13.7. The van der Waals surface area contributed by atoms with Crippen LogP contribution in [-0.4, -0.2) is 50.6 Å². The lowest BCUT2D eigenvalue weighted by Crippen LogP contribution is -2.58. The number of nitrogens with one attached hydrogen (secondary N) is 2. The number of pyridine rings is 1. The number of amides is 2. The molecular formula is C20H26FN5O3. The van der Waals surface area contributed by atoms with Crippen molar-refractivity contribution in [3.63, 3.8) is 0 Å². The van der Waals surface area contributed by atoms with Crippen molar-refractivity contribution in [2.75, 3.05) is 6.54 Å². The fourth-order valence-corrected chi connectivity index (χ4v) is 3.80. The van der Waals surface area contributed by atoms with Crippen LogP contribution in [-0.2, 0) is 9.59 Å². The fraction of sp³-hybridized carbons (Fsp3) is 0.550. The molecule has 9 heteroatoms. The van der Waals surface area contributed by atoms with Crippen molar-refractivity contribution >= 4 is 11.8 Å². The number of hydrazine groups is 1. The molecule has 3 heterocycles. The number of halogens is 1. The van der Waals surface area contributed by atoms with Crippen LogP contribution in [0.15, 0.2) is 29.9 Å². The SMILES string of the molecule is CC(C)(C)CN1C(O)=C(C(=O)NC2CC2)C(=O)N2NC(c3cnccc3F)CC12. The van der Waals surface area contributed by atoms with E-state index in [1.165, 1.54) is 23.5 Å². The summed E-state index contributed by atoms with van der Waals surface area (Å²) in [6, 6.07) is 0.819. The normalized spacial score (nSPS) is 24.8. The minimum atomic E-state index is -0.609. The van der Waals surface area contributed by atoms with Gasteiger partial charge in [0.15, 0.2) is 5.57 Å². The lowest BCUT2D eigenvalue weighted by Gasteiger charge is -2.42. The van der Waals surface area contributed by atoms with Crippen LogP contribution < -0.4 is 10.7 Å². The molecule has 4 rings (SSSR count). The molecule has 2 atom stereocenters. The zero-order valence-electron chi connectivity index (χ0n) is 16.8. The predicted octanol–water partition coefficient (Wildman–Crippen LogP) is 1.73. The van der Waals surface area contributed by atoms with Gasteiger partial charge in [-0.1, -0.05) is 20.8 Å². The molecule has 1 aromatic heterocycles. The van der Waals surface area contributed by atoms with Gasteiger partial charge in [-0.2, -0.15) is 0 Å². The van der Waals surface area contributed by atoms with Crippen LogP contribution in [0, 0.1) is 11.2 Å². The minimum absolute atomic E-state index is 0.0492. The molecule has 2 unspecified atom stereocenters. The molecule has 0 bridgehead atoms. The molecule has 0 radical (unpaired) electrons. The average Bonchev–Trinajstić information content (AvgIpc) is 3.33. The third-order valence-electron chi connectivity index (χ3n) is 5.28. The van der Waals surface area contributed by atoms with E-state index >= 15 is 0 Å². The lowest BCUT2D eigenvalue weighted by molar-refractivity contribution is -0.142. The Balaban J connectivity index is 1.68. The Labute approximate surface area is 168 Å². The third-order valence-corrected chi connectivity index (χ3v) is 5.28. The lowest BCUT2D eigenvalue weighted by atomic mass is 9.94. The second kappa shape index (κ2) is 6.98. The molecule has 8 nitrogen and oxygen atoms in total. The largest absolute Gasteiger partial charge is 0.494 e. The van der Waals surface area contributed by atoms with Crippen molar-refractivity contribution in [2.24, 2.45) is 5.41 Å². The smallest absolute Gasteiger partial charge is 0.280 e. The molecule has 1 aliphatic carbocycles. The molecule has 0 spiro atoms. The Morgan fingerprint density at radius 1 is 1.41 bits per heavy atom. The number of hydrogen-bond donors (Lipinski definition) is 3. The zero-order chi connectivity index (χ0) is 20.9. The molecule has 156 valence electrons. The first-order valence-corrected chi connectivity index (χ1v) is 9.85. The number of nitrogens with zero attached hydrogens (tertiary/aromatic N) is 3. The number of aliphatic hydroxyl groups is 1. The van der Waals surface area contributed by atoms with Gasteiger partial charge in [-0.15, -0.1) is 0 Å². The van der Waals surface area contributed by atoms with Crippen molar-refractivity contribution in [3.05, 3.63) is 41.3 Å². The maximum atomic E-state index is 14.3. The second-order valence-electron chi connectivity index (χ2n) is 9.11. The average molecular weight is 403 g/mol. The molecule has 1 saturated heterocycles. The summed E-state index contributed by atoms with van der Waals surface area (Å²) >= 11 is 0. The molecule has 0 aromatic carbocycles. The summed E-state index contributed by atoms with van der Waals surface area (Å²) in [6.07, 6.45) is 4.35. The molecular weight excluding hydrogens is 377 g/mol. The minimum Gasteiger partial charge on any atom is -0.494 e. The topological polar surface area (TPSA) is 97.8 Å². The maximum Gasteiger partial charge on any atom is 0.280 e. The monoisotopic (exact) mass is 403 g/mol. The number of carbonyl (C=O) groups is 2. The fourth-order valence-electron chi connectivity index (χ4n) is 3.80. The first-order valence-electron chi connectivity index (χ1n) is 9.85. The number of rotatable bonds is 4. The highest BCUT2D eigenvalue weighted by Crippen LogP contribution is 2.37. The van der Waals surface area contributed by atoms with E-state index in [0.717, 1.165) is 12.8 Å². The van der Waals surface area contributed by atoms with Gasteiger partial charge in [0.1, 0.15) is 12.0 Å². The summed E-state index contributed by atoms with van der Waals surface area (Å²) in [7, 11) is 0. The van der Waals surface area contributed by atoms with Crippen LogP contribution in [0.5, 0.6) is 0 Å². The first kappa shape index (κ1) is 19.6. The van der Waals surface area contributed by atoms with Crippen LogP contribution in [0.1, 0.15) is 51.6 Å². The summed E-state index contributed by atoms with van der Waals surface area (Å²) in [5.41, 5.74) is 2.88. The van der Waals surface area contributed by atoms with Gasteiger partial charge in [-0.3, -0.25) is 14.6 Å². The highest BCUT2D eigenvalue weighted by Gasteiger charge is 2.49. The van der Waals surface area contributed by atoms with Gasteiger partial charge in [0.05, 0.1) is 6.04 Å². The van der Waals surface area contributed by atoms with Crippen molar-refractivity contribution in [1.29, 1.82) is 0 Å². The van der Waals surface area contributed by atoms with Gasteiger partial charge >= 0.3 is 0 Å². The molecule has 1 saturated carbocycles. The van der Waals surface area contributed by atoms with Crippen LogP contribution in [0.2, 0.25) is 0 Å². The molecule has 2 aliphatic heterocycles. The van der Waals surface area contributed by atoms with Crippen LogP contribution in [0.4, 0.5) is 4.39 Å². The van der Waals surface area contributed by atoms with Crippen molar-refractivity contribution in [3.8, 4) is 0 Å². The van der Waals surface area contributed by atoms with Gasteiger partial charge in [0, 0.05) is 37.0 Å². The van der Waals surface area contributed by atoms with E-state index in [-0.39, 0.29) is 22.9 Å². The Kier molecular flexibility index (Phi) is 4.72. The Morgan fingerprint density at radius 2 is 2.14 bits per heavy atom. The van der Waals surface area contributed by atoms with E-state index in [0.29, 0.717) is 18.5 Å². The number of fused-ring (bicyclic) bond motifs is 1. The van der Waals surface area contributed by atoms with Gasteiger partial charge in [-0.05, 0) is 24.3 Å². The van der Waals surface area contributed by atoms with Crippen LogP contribution in [0.3, 0.4) is 0 Å². The number of carbonyl (C=O) groups excluding carboxylic acids is 2. The van der Waals surface area contributed by atoms with Crippen molar-refractivity contribution in [2.45, 2.75) is 58.3 Å². The summed E-state index contributed by atoms with van der Waals surface area (Å²) in [5, 5.41) is 15.0. The summed E-state index contributed by atoms with van der Waals surface area (Å²) < 4.78 is 14.3.